The summed E-state index contributed by atoms with van der Waals surface area (Å²) >= 11 is 12.9. The van der Waals surface area contributed by atoms with Crippen LogP contribution in [0.5, 0.6) is 5.75 Å². The Labute approximate surface area is 258 Å². The quantitative estimate of drug-likeness (QED) is 0.239. The van der Waals surface area contributed by atoms with Crippen LogP contribution in [0.4, 0.5) is 13.2 Å². The van der Waals surface area contributed by atoms with Gasteiger partial charge in [0.25, 0.3) is 5.91 Å². The van der Waals surface area contributed by atoms with Crippen LogP contribution in [-0.4, -0.2) is 67.6 Å². The zero-order valence-electron chi connectivity index (χ0n) is 23.3. The van der Waals surface area contributed by atoms with Crippen molar-refractivity contribution < 1.29 is 35.3 Å². The number of rotatable bonds is 9. The first-order valence-corrected chi connectivity index (χ1v) is 16.1. The Balaban J connectivity index is 1.60. The van der Waals surface area contributed by atoms with E-state index in [-0.39, 0.29) is 18.3 Å². The molecule has 3 aromatic rings. The van der Waals surface area contributed by atoms with Gasteiger partial charge in [-0.15, -0.1) is 0 Å². The molecule has 14 heteroatoms. The number of fused-ring (bicyclic) bond motifs is 1. The minimum absolute atomic E-state index is 0.0968. The van der Waals surface area contributed by atoms with Crippen molar-refractivity contribution in [2.24, 2.45) is 0 Å². The topological polar surface area (TPSA) is 81.1 Å². The third-order valence-electron chi connectivity index (χ3n) is 7.48. The molecule has 5 rings (SSSR count). The molecule has 2 aliphatic rings. The molecule has 1 amide bonds. The molecule has 43 heavy (non-hydrogen) atoms. The van der Waals surface area contributed by atoms with Gasteiger partial charge in [-0.25, -0.2) is 5.01 Å². The number of methoxy groups -OCH3 is 1. The molecule has 232 valence electrons. The monoisotopic (exact) mass is 659 g/mol. The number of piperidine rings is 1. The van der Waals surface area contributed by atoms with Crippen molar-refractivity contribution in [2.45, 2.75) is 44.9 Å². The molecule has 1 saturated heterocycles. The lowest BCUT2D eigenvalue weighted by Gasteiger charge is -2.39. The lowest BCUT2D eigenvalue weighted by molar-refractivity contribution is -0.130. The Morgan fingerprint density at radius 3 is 2.30 bits per heavy atom. The number of benzene rings is 2. The summed E-state index contributed by atoms with van der Waals surface area (Å²) in [5, 5.41) is 4.70. The first kappa shape index (κ1) is 31.6. The van der Waals surface area contributed by atoms with Crippen molar-refractivity contribution in [1.29, 1.82) is 0 Å². The Bertz CT molecular complexity index is 1600. The molecule has 0 spiro atoms. The van der Waals surface area contributed by atoms with Crippen LogP contribution in [0, 0.1) is 0 Å². The van der Waals surface area contributed by atoms with Crippen molar-refractivity contribution in [3.63, 3.8) is 0 Å². The summed E-state index contributed by atoms with van der Waals surface area (Å²) in [6, 6.07) is 11.0. The van der Waals surface area contributed by atoms with Gasteiger partial charge < -0.3 is 13.5 Å². The normalized spacial score (nSPS) is 16.4. The van der Waals surface area contributed by atoms with Crippen molar-refractivity contribution >= 4 is 39.2 Å². The summed E-state index contributed by atoms with van der Waals surface area (Å²) in [6.07, 6.45) is -2.48. The molecular weight excluding hydrogens is 630 g/mol. The van der Waals surface area contributed by atoms with Crippen LogP contribution < -0.4 is 4.18 Å². The van der Waals surface area contributed by atoms with Crippen LogP contribution in [0.15, 0.2) is 42.5 Å². The van der Waals surface area contributed by atoms with Crippen molar-refractivity contribution in [2.75, 3.05) is 32.5 Å². The number of carbonyl (C=O) groups is 1. The first-order chi connectivity index (χ1) is 20.4. The van der Waals surface area contributed by atoms with Gasteiger partial charge in [0.05, 0.1) is 40.7 Å². The van der Waals surface area contributed by atoms with Crippen LogP contribution >= 0.6 is 23.2 Å². The first-order valence-electron chi connectivity index (χ1n) is 13.8. The smallest absolute Gasteiger partial charge is 0.382 e. The summed E-state index contributed by atoms with van der Waals surface area (Å²) < 4.78 is 74.4. The van der Waals surface area contributed by atoms with Gasteiger partial charge >= 0.3 is 16.3 Å². The molecule has 2 aromatic carbocycles. The summed E-state index contributed by atoms with van der Waals surface area (Å²) in [4.78, 5) is 14.1. The summed E-state index contributed by atoms with van der Waals surface area (Å²) in [5.74, 6) is -1.48. The van der Waals surface area contributed by atoms with Crippen LogP contribution in [0.3, 0.4) is 0 Å². The highest BCUT2D eigenvalue weighted by atomic mass is 35.5. The second-order valence-corrected chi connectivity index (χ2v) is 13.0. The summed E-state index contributed by atoms with van der Waals surface area (Å²) in [6.45, 7) is 2.17. The Kier molecular flexibility index (Phi) is 9.34. The standard InChI is InChI=1S/C29H30Cl2F3N3O5S/c1-41-18-22-26-25(11-15-36(28(26)38)35-13-3-2-4-14-35)37(24-10-7-20(30)17-23(24)31)27(22)19-5-8-21(9-6-19)42-43(39,40)16-12-29(32,33)34/h5-10,17H,2-4,11-16,18H2,1H3. The van der Waals surface area contributed by atoms with E-state index in [4.69, 9.17) is 32.1 Å². The minimum atomic E-state index is -4.63. The number of carbonyl (C=O) groups excluding carboxylic acids is 1. The Hall–Kier alpha value is -2.77. The molecule has 0 atom stereocenters. The number of hydrogen-bond donors (Lipinski definition) is 0. The highest BCUT2D eigenvalue weighted by Gasteiger charge is 2.37. The maximum absolute atomic E-state index is 14.1. The van der Waals surface area contributed by atoms with Gasteiger partial charge in [0, 0.05) is 49.4 Å². The molecule has 0 radical (unpaired) electrons. The van der Waals surface area contributed by atoms with Gasteiger partial charge in [-0.3, -0.25) is 9.80 Å². The number of hydrogen-bond acceptors (Lipinski definition) is 6. The highest BCUT2D eigenvalue weighted by Crippen LogP contribution is 2.41. The molecule has 3 heterocycles. The molecule has 0 saturated carbocycles. The van der Waals surface area contributed by atoms with E-state index in [9.17, 15) is 26.4 Å². The number of amides is 1. The number of halogens is 5. The van der Waals surface area contributed by atoms with Crippen molar-refractivity contribution in [3.05, 3.63) is 69.3 Å². The fourth-order valence-electron chi connectivity index (χ4n) is 5.61. The Morgan fingerprint density at radius 2 is 1.67 bits per heavy atom. The van der Waals surface area contributed by atoms with E-state index in [1.807, 2.05) is 4.57 Å². The van der Waals surface area contributed by atoms with E-state index < -0.39 is 28.5 Å². The molecule has 0 aliphatic carbocycles. The molecule has 0 bridgehead atoms. The summed E-state index contributed by atoms with van der Waals surface area (Å²) in [7, 11) is -2.95. The van der Waals surface area contributed by atoms with Crippen LogP contribution in [0.25, 0.3) is 16.9 Å². The summed E-state index contributed by atoms with van der Waals surface area (Å²) in [5.41, 5.74) is 3.67. The lowest BCUT2D eigenvalue weighted by atomic mass is 10.0. The number of ether oxygens (including phenoxy) is 1. The lowest BCUT2D eigenvalue weighted by Crippen LogP contribution is -2.51. The third kappa shape index (κ3) is 6.99. The largest absolute Gasteiger partial charge is 0.390 e. The van der Waals surface area contributed by atoms with E-state index in [0.717, 1.165) is 38.0 Å². The number of alkyl halides is 3. The van der Waals surface area contributed by atoms with Gasteiger partial charge in [0.2, 0.25) is 0 Å². The fourth-order valence-corrected chi connectivity index (χ4v) is 7.07. The number of nitrogens with zero attached hydrogens (tertiary/aromatic N) is 3. The molecular formula is C29H30Cl2F3N3O5S. The fraction of sp³-hybridized carbons (Fsp3) is 0.414. The minimum Gasteiger partial charge on any atom is -0.382 e. The molecule has 1 fully saturated rings. The maximum atomic E-state index is 14.1. The van der Waals surface area contributed by atoms with Crippen molar-refractivity contribution in [1.82, 2.24) is 14.6 Å². The average Bonchev–Trinajstić information content (AvgIpc) is 3.27. The van der Waals surface area contributed by atoms with E-state index in [1.54, 1.807) is 35.3 Å². The SMILES string of the molecule is COCc1c2c(n(-c3ccc(Cl)cc3Cl)c1-c1ccc(OS(=O)(=O)CCC(F)(F)F)cc1)CCN(N1CCCCC1)C2=O. The van der Waals surface area contributed by atoms with E-state index in [1.165, 1.54) is 19.2 Å². The maximum Gasteiger partial charge on any atom is 0.390 e. The van der Waals surface area contributed by atoms with E-state index >= 15 is 0 Å². The average molecular weight is 661 g/mol. The van der Waals surface area contributed by atoms with Gasteiger partial charge in [-0.2, -0.15) is 21.6 Å². The van der Waals surface area contributed by atoms with Gasteiger partial charge in [-0.05, 0) is 60.9 Å². The molecule has 8 nitrogen and oxygen atoms in total. The Morgan fingerprint density at radius 1 is 0.977 bits per heavy atom. The molecule has 1 aromatic heterocycles. The molecule has 0 unspecified atom stereocenters. The van der Waals surface area contributed by atoms with E-state index in [2.05, 4.69) is 5.01 Å². The van der Waals surface area contributed by atoms with Crippen LogP contribution in [-0.2, 0) is 27.9 Å². The second-order valence-electron chi connectivity index (χ2n) is 10.4. The zero-order chi connectivity index (χ0) is 30.9. The molecule has 2 aliphatic heterocycles. The molecule has 0 N–H and O–H groups in total. The van der Waals surface area contributed by atoms with Crippen LogP contribution in [0.2, 0.25) is 10.0 Å². The van der Waals surface area contributed by atoms with Gasteiger partial charge in [0.15, 0.2) is 0 Å². The van der Waals surface area contributed by atoms with Crippen LogP contribution in [0.1, 0.15) is 47.3 Å². The number of hydrazine groups is 1. The zero-order valence-corrected chi connectivity index (χ0v) is 25.6. The number of aromatic nitrogens is 1. The van der Waals surface area contributed by atoms with Gasteiger partial charge in [-0.1, -0.05) is 29.6 Å². The van der Waals surface area contributed by atoms with Crippen molar-refractivity contribution in [3.8, 4) is 22.7 Å². The highest BCUT2D eigenvalue weighted by molar-refractivity contribution is 7.87. The van der Waals surface area contributed by atoms with Gasteiger partial charge in [0.1, 0.15) is 5.75 Å². The second kappa shape index (κ2) is 12.7. The third-order valence-corrected chi connectivity index (χ3v) is 9.17. The predicted octanol–water partition coefficient (Wildman–Crippen LogP) is 6.66. The van der Waals surface area contributed by atoms with E-state index in [0.29, 0.717) is 51.1 Å². The predicted molar refractivity (Wildman–Crippen MR) is 157 cm³/mol.